The topological polar surface area (TPSA) is 25.8 Å². The Morgan fingerprint density at radius 3 is 1.85 bits per heavy atom. The van der Waals surface area contributed by atoms with Crippen LogP contribution in [-0.2, 0) is 26.5 Å². The maximum atomic E-state index is 4.80. The summed E-state index contributed by atoms with van der Waals surface area (Å²) in [6, 6.07) is 51.5. The molecule has 275 valence electrons. The Balaban J connectivity index is 0.000000205. The average Bonchev–Trinajstić information content (AvgIpc) is 3.15. The zero-order chi connectivity index (χ0) is 37.5. The number of rotatable bonds is 8. The van der Waals surface area contributed by atoms with E-state index in [4.69, 9.17) is 4.98 Å². The van der Waals surface area contributed by atoms with Crippen molar-refractivity contribution in [3.63, 3.8) is 0 Å². The van der Waals surface area contributed by atoms with Gasteiger partial charge in [-0.1, -0.05) is 130 Å². The SMILES string of the molecule is CC(C)c1cc(-c2[c-]ccc(-c3ccccc3)c2)ncc1[Si](C)(C)C.Cc1cc(C)c(-c2ccnc(-c3[c-]ccc(Cc4ccccc4)c3)c2)c(C)c1.[Ir]. The molecule has 0 spiro atoms. The van der Waals surface area contributed by atoms with E-state index in [0.717, 1.165) is 28.9 Å². The minimum Gasteiger partial charge on any atom is -0.305 e. The molecule has 0 atom stereocenters. The molecule has 2 aromatic heterocycles. The molecule has 0 fully saturated rings. The molecule has 0 aliphatic carbocycles. The van der Waals surface area contributed by atoms with E-state index >= 15 is 0 Å². The molecule has 5 aromatic carbocycles. The van der Waals surface area contributed by atoms with Gasteiger partial charge in [0.05, 0.1) is 8.07 Å². The van der Waals surface area contributed by atoms with Crippen molar-refractivity contribution < 1.29 is 20.1 Å². The van der Waals surface area contributed by atoms with Gasteiger partial charge in [0.25, 0.3) is 0 Å². The van der Waals surface area contributed by atoms with Gasteiger partial charge in [0, 0.05) is 32.5 Å². The molecule has 0 unspecified atom stereocenters. The first-order valence-corrected chi connectivity index (χ1v) is 22.1. The Kier molecular flexibility index (Phi) is 13.5. The molecule has 0 aliphatic rings. The number of aryl methyl sites for hydroxylation is 3. The third kappa shape index (κ3) is 10.1. The van der Waals surface area contributed by atoms with Gasteiger partial charge in [0.1, 0.15) is 0 Å². The van der Waals surface area contributed by atoms with Crippen LogP contribution in [-0.4, -0.2) is 18.0 Å². The molecule has 0 bridgehead atoms. The minimum atomic E-state index is -1.40. The third-order valence-corrected chi connectivity index (χ3v) is 11.7. The molecule has 4 heteroatoms. The summed E-state index contributed by atoms with van der Waals surface area (Å²) >= 11 is 0. The summed E-state index contributed by atoms with van der Waals surface area (Å²) < 4.78 is 0. The van der Waals surface area contributed by atoms with Gasteiger partial charge in [-0.15, -0.1) is 70.8 Å². The molecule has 0 aliphatic heterocycles. The number of hydrogen-bond acceptors (Lipinski definition) is 2. The number of hydrogen-bond donors (Lipinski definition) is 0. The predicted octanol–water partition coefficient (Wildman–Crippen LogP) is 12.6. The zero-order valence-electron chi connectivity index (χ0n) is 32.8. The summed E-state index contributed by atoms with van der Waals surface area (Å²) in [5.74, 6) is 0.501. The second-order valence-corrected chi connectivity index (χ2v) is 20.4. The second kappa shape index (κ2) is 18.1. The molecule has 0 N–H and O–H groups in total. The van der Waals surface area contributed by atoms with Crippen LogP contribution >= 0.6 is 0 Å². The van der Waals surface area contributed by atoms with Crippen LogP contribution in [0.25, 0.3) is 44.8 Å². The van der Waals surface area contributed by atoms with Crippen LogP contribution in [0.1, 0.15) is 53.1 Å². The molecule has 7 rings (SSSR count). The van der Waals surface area contributed by atoms with Gasteiger partial charge in [-0.25, -0.2) is 0 Å². The van der Waals surface area contributed by atoms with Crippen LogP contribution in [0.15, 0.2) is 140 Å². The fourth-order valence-electron chi connectivity index (χ4n) is 7.12. The van der Waals surface area contributed by atoms with Crippen LogP contribution in [0.4, 0.5) is 0 Å². The first-order valence-electron chi connectivity index (χ1n) is 18.6. The van der Waals surface area contributed by atoms with Crippen molar-refractivity contribution in [3.8, 4) is 44.8 Å². The van der Waals surface area contributed by atoms with E-state index in [2.05, 4.69) is 187 Å². The molecule has 0 saturated heterocycles. The molecular formula is C50H50IrN2Si-2. The Hall–Kier alpha value is -4.73. The molecule has 1 radical (unpaired) electrons. The van der Waals surface area contributed by atoms with E-state index < -0.39 is 8.07 Å². The van der Waals surface area contributed by atoms with E-state index in [-0.39, 0.29) is 20.1 Å². The Bertz CT molecular complexity index is 2280. The molecule has 2 nitrogen and oxygen atoms in total. The molecule has 54 heavy (non-hydrogen) atoms. The van der Waals surface area contributed by atoms with Crippen molar-refractivity contribution in [1.82, 2.24) is 9.97 Å². The third-order valence-electron chi connectivity index (χ3n) is 9.67. The van der Waals surface area contributed by atoms with Crippen molar-refractivity contribution in [1.29, 1.82) is 0 Å². The fraction of sp³-hybridized carbons (Fsp3) is 0.200. The van der Waals surface area contributed by atoms with Crippen molar-refractivity contribution >= 4 is 13.3 Å². The maximum absolute atomic E-state index is 4.80. The van der Waals surface area contributed by atoms with E-state index in [1.54, 1.807) is 0 Å². The molecule has 0 saturated carbocycles. The average molecular weight is 899 g/mol. The van der Waals surface area contributed by atoms with Gasteiger partial charge >= 0.3 is 0 Å². The van der Waals surface area contributed by atoms with E-state index in [0.29, 0.717) is 5.92 Å². The van der Waals surface area contributed by atoms with Gasteiger partial charge in [-0.3, -0.25) is 0 Å². The Labute approximate surface area is 338 Å². The largest absolute Gasteiger partial charge is 0.305 e. The standard InChI is InChI=1S/C27H24N.C23H26NSi.Ir/c1-19-14-20(2)27(21(3)15-19)25-12-13-28-26(18-25)24-11-7-10-23(17-24)16-22-8-5-4-6-9-22;1-17(2)21-15-22(24-16-23(21)25(3,4)5)20-13-9-12-19(14-20)18-10-7-6-8-11-18;/h4-10,12-15,17-18H,16H2,1-3H3;6-12,14-17H,1-5H3;/q2*-1;. The van der Waals surface area contributed by atoms with Gasteiger partial charge in [-0.2, -0.15) is 0 Å². The van der Waals surface area contributed by atoms with Crippen LogP contribution < -0.4 is 5.19 Å². The Morgan fingerprint density at radius 1 is 0.593 bits per heavy atom. The number of nitrogens with zero attached hydrogens (tertiary/aromatic N) is 2. The van der Waals surface area contributed by atoms with E-state index in [1.165, 1.54) is 60.8 Å². The number of benzene rings is 5. The summed E-state index contributed by atoms with van der Waals surface area (Å²) in [6.45, 7) is 18.2. The smallest absolute Gasteiger partial charge is 0.0799 e. The van der Waals surface area contributed by atoms with Gasteiger partial charge in [0.15, 0.2) is 0 Å². The number of pyridine rings is 2. The minimum absolute atomic E-state index is 0. The predicted molar refractivity (Wildman–Crippen MR) is 228 cm³/mol. The maximum Gasteiger partial charge on any atom is 0.0799 e. The summed E-state index contributed by atoms with van der Waals surface area (Å²) in [5, 5.41) is 1.46. The zero-order valence-corrected chi connectivity index (χ0v) is 36.2. The van der Waals surface area contributed by atoms with E-state index in [9.17, 15) is 0 Å². The van der Waals surface area contributed by atoms with Crippen LogP contribution in [0.2, 0.25) is 19.6 Å². The van der Waals surface area contributed by atoms with Crippen molar-refractivity contribution in [2.45, 2.75) is 66.6 Å². The Morgan fingerprint density at radius 2 is 1.20 bits per heavy atom. The molecule has 7 aromatic rings. The van der Waals surface area contributed by atoms with Crippen LogP contribution in [0.3, 0.4) is 0 Å². The summed E-state index contributed by atoms with van der Waals surface area (Å²) in [5.41, 5.74) is 16.9. The fourth-order valence-corrected chi connectivity index (χ4v) is 8.80. The van der Waals surface area contributed by atoms with Crippen LogP contribution in [0, 0.1) is 32.9 Å². The van der Waals surface area contributed by atoms with Crippen molar-refractivity contribution in [2.24, 2.45) is 0 Å². The molecular weight excluding hydrogens is 849 g/mol. The second-order valence-electron chi connectivity index (χ2n) is 15.4. The first kappa shape index (κ1) is 40.5. The van der Waals surface area contributed by atoms with Gasteiger partial charge < -0.3 is 9.97 Å². The van der Waals surface area contributed by atoms with Gasteiger partial charge in [-0.05, 0) is 89.1 Å². The monoisotopic (exact) mass is 899 g/mol. The van der Waals surface area contributed by atoms with Crippen LogP contribution in [0.5, 0.6) is 0 Å². The van der Waals surface area contributed by atoms with E-state index in [1.807, 2.05) is 24.4 Å². The van der Waals surface area contributed by atoms with Crippen molar-refractivity contribution in [2.75, 3.05) is 0 Å². The van der Waals surface area contributed by atoms with Gasteiger partial charge in [0.2, 0.25) is 0 Å². The quantitative estimate of drug-likeness (QED) is 0.112. The normalized spacial score (nSPS) is 11.1. The summed E-state index contributed by atoms with van der Waals surface area (Å²) in [6.07, 6.45) is 4.93. The molecule has 2 heterocycles. The summed E-state index contributed by atoms with van der Waals surface area (Å²) in [7, 11) is -1.40. The number of aromatic nitrogens is 2. The molecule has 0 amide bonds. The summed E-state index contributed by atoms with van der Waals surface area (Å²) in [4.78, 5) is 9.43. The van der Waals surface area contributed by atoms with Crippen molar-refractivity contribution in [3.05, 3.63) is 185 Å². The first-order chi connectivity index (χ1) is 25.5.